The molecule has 31 heavy (non-hydrogen) atoms. The Morgan fingerprint density at radius 2 is 1.97 bits per heavy atom. The Labute approximate surface area is 178 Å². The number of pyridine rings is 2. The van der Waals surface area contributed by atoms with Crippen LogP contribution in [0, 0.1) is 18.7 Å². The fraction of sp³-hybridized carbons (Fsp3) is 0.350. The third-order valence-corrected chi connectivity index (χ3v) is 5.20. The summed E-state index contributed by atoms with van der Waals surface area (Å²) in [5.74, 6) is -0.982. The van der Waals surface area contributed by atoms with Gasteiger partial charge in [0.2, 0.25) is 0 Å². The van der Waals surface area contributed by atoms with Crippen molar-refractivity contribution in [3.63, 3.8) is 0 Å². The van der Waals surface area contributed by atoms with Crippen LogP contribution in [0.2, 0.25) is 0 Å². The zero-order chi connectivity index (χ0) is 22.1. The van der Waals surface area contributed by atoms with Gasteiger partial charge in [-0.05, 0) is 44.7 Å². The van der Waals surface area contributed by atoms with E-state index in [1.165, 1.54) is 4.80 Å². The van der Waals surface area contributed by atoms with Crippen LogP contribution in [-0.4, -0.2) is 43.0 Å². The highest BCUT2D eigenvalue weighted by molar-refractivity contribution is 5.98. The van der Waals surface area contributed by atoms with Crippen molar-refractivity contribution in [2.75, 3.05) is 10.6 Å². The Bertz CT molecular complexity index is 1090. The molecule has 162 valence electrons. The number of rotatable bonds is 8. The Morgan fingerprint density at radius 3 is 2.58 bits per heavy atom. The number of carbonyl (C=O) groups is 1. The largest absolute Gasteiger partial charge is 0.365 e. The molecule has 3 heterocycles. The van der Waals surface area contributed by atoms with Gasteiger partial charge in [-0.2, -0.15) is 10.2 Å². The van der Waals surface area contributed by atoms with Crippen LogP contribution < -0.4 is 22.1 Å². The Hall–Kier alpha value is -3.60. The lowest BCUT2D eigenvalue weighted by Gasteiger charge is -2.23. The smallest absolute Gasteiger partial charge is 0.252 e. The number of anilines is 3. The molecule has 1 aliphatic rings. The van der Waals surface area contributed by atoms with Crippen LogP contribution in [0.25, 0.3) is 5.69 Å². The summed E-state index contributed by atoms with van der Waals surface area (Å²) >= 11 is 0. The molecular weight excluding hydrogens is 401 g/mol. The summed E-state index contributed by atoms with van der Waals surface area (Å²) in [4.78, 5) is 22.0. The molecule has 1 fully saturated rings. The molecule has 1 amide bonds. The second-order valence-corrected chi connectivity index (χ2v) is 7.72. The highest BCUT2D eigenvalue weighted by Crippen LogP contribution is 2.36. The molecule has 11 heteroatoms. The number of nitrogens with two attached hydrogens (primary N) is 2. The predicted molar refractivity (Wildman–Crippen MR) is 114 cm³/mol. The lowest BCUT2D eigenvalue weighted by molar-refractivity contribution is 0.100. The first-order valence-electron chi connectivity index (χ1n) is 9.96. The van der Waals surface area contributed by atoms with Crippen molar-refractivity contribution in [2.45, 2.75) is 38.8 Å². The zero-order valence-electron chi connectivity index (χ0n) is 17.2. The fourth-order valence-electron chi connectivity index (χ4n) is 3.43. The minimum absolute atomic E-state index is 0.00994. The van der Waals surface area contributed by atoms with Gasteiger partial charge in [-0.1, -0.05) is 0 Å². The summed E-state index contributed by atoms with van der Waals surface area (Å²) in [6, 6.07) is 2.52. The SMILES string of the molecule is Cc1ncc(Nc2nc(N[C@H](C3CC3)[C@H](C)N)c(F)cc2C(N)=O)cc1-n1nccn1. The fourth-order valence-corrected chi connectivity index (χ4v) is 3.43. The first kappa shape index (κ1) is 20.7. The van der Waals surface area contributed by atoms with E-state index in [0.29, 0.717) is 23.0 Å². The van der Waals surface area contributed by atoms with E-state index in [9.17, 15) is 9.18 Å². The van der Waals surface area contributed by atoms with E-state index in [0.717, 1.165) is 18.9 Å². The van der Waals surface area contributed by atoms with E-state index in [1.54, 1.807) is 24.7 Å². The first-order valence-corrected chi connectivity index (χ1v) is 9.96. The first-order chi connectivity index (χ1) is 14.8. The number of amides is 1. The number of aryl methyl sites for hydroxylation is 1. The summed E-state index contributed by atoms with van der Waals surface area (Å²) in [6.45, 7) is 3.69. The van der Waals surface area contributed by atoms with Crippen molar-refractivity contribution in [1.82, 2.24) is 25.0 Å². The topological polar surface area (TPSA) is 150 Å². The molecule has 6 N–H and O–H groups in total. The van der Waals surface area contributed by atoms with E-state index in [4.69, 9.17) is 11.5 Å². The average Bonchev–Trinajstić information content (AvgIpc) is 3.41. The van der Waals surface area contributed by atoms with Gasteiger partial charge in [0.15, 0.2) is 11.6 Å². The van der Waals surface area contributed by atoms with Crippen LogP contribution in [0.15, 0.2) is 30.7 Å². The number of nitrogens with one attached hydrogen (secondary N) is 2. The highest BCUT2D eigenvalue weighted by atomic mass is 19.1. The second kappa shape index (κ2) is 8.26. The van der Waals surface area contributed by atoms with Crippen LogP contribution in [0.4, 0.5) is 21.7 Å². The van der Waals surface area contributed by atoms with E-state index < -0.39 is 11.7 Å². The monoisotopic (exact) mass is 425 g/mol. The molecule has 1 aliphatic carbocycles. The predicted octanol–water partition coefficient (Wildman–Crippen LogP) is 1.89. The minimum Gasteiger partial charge on any atom is -0.365 e. The quantitative estimate of drug-likeness (QED) is 0.427. The van der Waals surface area contributed by atoms with Crippen molar-refractivity contribution in [3.05, 3.63) is 47.8 Å². The molecule has 0 aromatic carbocycles. The van der Waals surface area contributed by atoms with E-state index in [-0.39, 0.29) is 29.3 Å². The van der Waals surface area contributed by atoms with Crippen molar-refractivity contribution < 1.29 is 9.18 Å². The van der Waals surface area contributed by atoms with Crippen molar-refractivity contribution in [3.8, 4) is 5.69 Å². The number of halogens is 1. The molecular formula is C20H24FN9O. The highest BCUT2D eigenvalue weighted by Gasteiger charge is 2.34. The molecule has 0 unspecified atom stereocenters. The average molecular weight is 425 g/mol. The number of hydrogen-bond donors (Lipinski definition) is 4. The molecule has 3 aromatic rings. The van der Waals surface area contributed by atoms with Crippen molar-refractivity contribution >= 4 is 23.2 Å². The number of primary amides is 1. The van der Waals surface area contributed by atoms with Gasteiger partial charge in [0.25, 0.3) is 5.91 Å². The maximum atomic E-state index is 14.7. The number of aromatic nitrogens is 5. The Kier molecular flexibility index (Phi) is 5.51. The summed E-state index contributed by atoms with van der Waals surface area (Å²) in [5.41, 5.74) is 13.3. The third kappa shape index (κ3) is 4.45. The third-order valence-electron chi connectivity index (χ3n) is 5.20. The Morgan fingerprint density at radius 1 is 1.26 bits per heavy atom. The molecule has 3 aromatic heterocycles. The van der Waals surface area contributed by atoms with E-state index in [1.807, 2.05) is 13.8 Å². The van der Waals surface area contributed by atoms with Crippen LogP contribution >= 0.6 is 0 Å². The summed E-state index contributed by atoms with van der Waals surface area (Å²) < 4.78 is 14.7. The molecule has 4 rings (SSSR count). The van der Waals surface area contributed by atoms with Crippen LogP contribution in [0.1, 0.15) is 35.8 Å². The van der Waals surface area contributed by atoms with Crippen LogP contribution in [0.5, 0.6) is 0 Å². The molecule has 0 aliphatic heterocycles. The van der Waals surface area contributed by atoms with Crippen molar-refractivity contribution in [1.29, 1.82) is 0 Å². The van der Waals surface area contributed by atoms with E-state index >= 15 is 0 Å². The van der Waals surface area contributed by atoms with Gasteiger partial charge >= 0.3 is 0 Å². The molecule has 1 saturated carbocycles. The Balaban J connectivity index is 1.68. The van der Waals surface area contributed by atoms with E-state index in [2.05, 4.69) is 30.8 Å². The van der Waals surface area contributed by atoms with Crippen LogP contribution in [0.3, 0.4) is 0 Å². The van der Waals surface area contributed by atoms with Gasteiger partial charge in [-0.25, -0.2) is 9.37 Å². The minimum atomic E-state index is -0.805. The lowest BCUT2D eigenvalue weighted by Crippen LogP contribution is -2.40. The van der Waals surface area contributed by atoms with Gasteiger partial charge in [-0.3, -0.25) is 9.78 Å². The van der Waals surface area contributed by atoms with Crippen molar-refractivity contribution in [2.24, 2.45) is 17.4 Å². The van der Waals surface area contributed by atoms with Crippen LogP contribution in [-0.2, 0) is 0 Å². The second-order valence-electron chi connectivity index (χ2n) is 7.72. The molecule has 10 nitrogen and oxygen atoms in total. The number of hydrogen-bond acceptors (Lipinski definition) is 8. The maximum Gasteiger partial charge on any atom is 0.252 e. The zero-order valence-corrected chi connectivity index (χ0v) is 17.2. The molecule has 0 spiro atoms. The van der Waals surface area contributed by atoms with Gasteiger partial charge in [0, 0.05) is 12.1 Å². The maximum absolute atomic E-state index is 14.7. The molecule has 0 bridgehead atoms. The van der Waals surface area contributed by atoms with Gasteiger partial charge in [-0.15, -0.1) is 4.80 Å². The summed E-state index contributed by atoms with van der Waals surface area (Å²) in [7, 11) is 0. The molecule has 0 radical (unpaired) electrons. The molecule has 2 atom stereocenters. The van der Waals surface area contributed by atoms with Gasteiger partial charge < -0.3 is 22.1 Å². The number of carbonyl (C=O) groups excluding carboxylic acids is 1. The summed E-state index contributed by atoms with van der Waals surface area (Å²) in [5, 5.41) is 14.3. The molecule has 0 saturated heterocycles. The normalized spacial score (nSPS) is 15.4. The number of nitrogens with zero attached hydrogens (tertiary/aromatic N) is 5. The van der Waals surface area contributed by atoms with Gasteiger partial charge in [0.1, 0.15) is 11.5 Å². The van der Waals surface area contributed by atoms with Gasteiger partial charge in [0.05, 0.1) is 35.5 Å². The lowest BCUT2D eigenvalue weighted by atomic mass is 10.1. The summed E-state index contributed by atoms with van der Waals surface area (Å²) in [6.07, 6.45) is 6.74. The standard InChI is InChI=1S/C20H24FN9O/c1-10(22)17(12-3-4-12)28-20-15(21)8-14(18(23)31)19(29-20)27-13-7-16(11(2)24-9-13)30-25-5-6-26-30/h5-10,12,17H,3-4,22H2,1-2H3,(H2,23,31)(H2,27,28,29)/t10-,17-/m0/s1.